The smallest absolute Gasteiger partial charge is 0.255 e. The molecule has 2 saturated carbocycles. The van der Waals surface area contributed by atoms with Crippen LogP contribution in [-0.4, -0.2) is 87.5 Å². The van der Waals surface area contributed by atoms with Gasteiger partial charge < -0.3 is 36.8 Å². The van der Waals surface area contributed by atoms with E-state index in [2.05, 4.69) is 10.6 Å². The summed E-state index contributed by atoms with van der Waals surface area (Å²) in [4.78, 5) is 52.8. The minimum atomic E-state index is -2.70. The number of nitrogens with two attached hydrogens (primary N) is 1. The molecular weight excluding hydrogens is 579 g/mol. The maximum Gasteiger partial charge on any atom is 0.255 e. The van der Waals surface area contributed by atoms with Gasteiger partial charge in [-0.3, -0.25) is 24.1 Å². The van der Waals surface area contributed by atoms with Crippen molar-refractivity contribution in [2.75, 3.05) is 32.5 Å². The van der Waals surface area contributed by atoms with Gasteiger partial charge in [0.2, 0.25) is 11.7 Å². The van der Waals surface area contributed by atoms with E-state index in [0.29, 0.717) is 11.5 Å². The summed E-state index contributed by atoms with van der Waals surface area (Å²) in [6.45, 7) is 0.761. The number of nitrogens with zero attached hydrogens (tertiary/aromatic N) is 1. The standard InChI is InChI=1S/C27H32N4O8.2ClH/c1-31(2)20-14-8-13-7-12-5-6-15(30-16(32)10-29-9-11-3-4-11)21(33)17(12)22(34)18(13)24(36)27(14,39)25(37)19(23(20)35)26(28)38;;/h5-6,11,13-14,20,29,33-34,37,39H,3-4,7-10H2,1-2H3,(H2,28,38)(H,30,32);2*1H/t13?,14?,20-,27-;;/m0../s1. The molecule has 5 rings (SSSR count). The maximum atomic E-state index is 13.8. The minimum Gasteiger partial charge on any atom is -0.508 e. The van der Waals surface area contributed by atoms with Crippen molar-refractivity contribution in [1.29, 1.82) is 0 Å². The van der Waals surface area contributed by atoms with Gasteiger partial charge in [0.25, 0.3) is 5.91 Å². The Morgan fingerprint density at radius 2 is 1.78 bits per heavy atom. The van der Waals surface area contributed by atoms with Gasteiger partial charge in [-0.2, -0.15) is 0 Å². The summed E-state index contributed by atoms with van der Waals surface area (Å²) in [6.07, 6.45) is 2.46. The zero-order valence-corrected chi connectivity index (χ0v) is 24.1. The predicted octanol–water partition coefficient (Wildman–Crippen LogP) is 0.746. The van der Waals surface area contributed by atoms with Gasteiger partial charge in [0.1, 0.15) is 22.8 Å². The van der Waals surface area contributed by atoms with Gasteiger partial charge in [0.15, 0.2) is 11.4 Å². The number of phenols is 1. The molecule has 12 nitrogen and oxygen atoms in total. The SMILES string of the molecule is CN(C)[C@@H]1C(=O)C(C(N)=O)=C(O)[C@@]2(O)C(=O)C3=C(O)c4c(ccc(NC(=O)CNCC5CC5)c4O)CC3CC12.Cl.Cl. The number of halogens is 2. The Bertz CT molecular complexity index is 1370. The molecule has 2 unspecified atom stereocenters. The Hall–Kier alpha value is -3.16. The molecule has 0 heterocycles. The number of benzene rings is 1. The van der Waals surface area contributed by atoms with Crippen molar-refractivity contribution in [3.05, 3.63) is 40.2 Å². The second kappa shape index (κ2) is 11.6. The van der Waals surface area contributed by atoms with Gasteiger partial charge in [-0.25, -0.2) is 0 Å². The van der Waals surface area contributed by atoms with Crippen LogP contribution >= 0.6 is 24.8 Å². The lowest BCUT2D eigenvalue weighted by Crippen LogP contribution is -2.65. The monoisotopic (exact) mass is 612 g/mol. The number of rotatable bonds is 7. The third-order valence-electron chi connectivity index (χ3n) is 8.28. The van der Waals surface area contributed by atoms with Crippen LogP contribution in [0.4, 0.5) is 5.69 Å². The largest absolute Gasteiger partial charge is 0.508 e. The summed E-state index contributed by atoms with van der Waals surface area (Å²) in [5, 5.41) is 50.4. The zero-order chi connectivity index (χ0) is 28.4. The summed E-state index contributed by atoms with van der Waals surface area (Å²) in [6, 6.07) is 1.99. The van der Waals surface area contributed by atoms with Crippen LogP contribution in [0.2, 0.25) is 0 Å². The van der Waals surface area contributed by atoms with Crippen LogP contribution in [0.1, 0.15) is 30.4 Å². The quantitative estimate of drug-likeness (QED) is 0.170. The lowest BCUT2D eigenvalue weighted by Gasteiger charge is -2.50. The molecule has 0 radical (unpaired) electrons. The fourth-order valence-corrected chi connectivity index (χ4v) is 6.23. The molecule has 14 heteroatoms. The summed E-state index contributed by atoms with van der Waals surface area (Å²) >= 11 is 0. The number of hydrogen-bond acceptors (Lipinski definition) is 10. The van der Waals surface area contributed by atoms with Gasteiger partial charge in [-0.1, -0.05) is 6.07 Å². The van der Waals surface area contributed by atoms with E-state index in [-0.39, 0.29) is 61.0 Å². The molecule has 1 aromatic carbocycles. The van der Waals surface area contributed by atoms with E-state index in [1.54, 1.807) is 20.2 Å². The molecule has 2 amide bonds. The highest BCUT2D eigenvalue weighted by atomic mass is 35.5. The molecule has 224 valence electrons. The number of aliphatic hydroxyl groups is 3. The van der Waals surface area contributed by atoms with E-state index in [9.17, 15) is 39.6 Å². The van der Waals surface area contributed by atoms with Crippen molar-refractivity contribution >= 4 is 59.6 Å². The fraction of sp³-hybridized carbons (Fsp3) is 0.481. The molecular formula is C27H34Cl2N4O8. The summed E-state index contributed by atoms with van der Waals surface area (Å²) in [5.41, 5.74) is 1.99. The fourth-order valence-electron chi connectivity index (χ4n) is 6.23. The van der Waals surface area contributed by atoms with Gasteiger partial charge in [-0.15, -0.1) is 24.8 Å². The zero-order valence-electron chi connectivity index (χ0n) is 22.5. The van der Waals surface area contributed by atoms with E-state index in [0.717, 1.165) is 19.4 Å². The third-order valence-corrected chi connectivity index (χ3v) is 8.28. The first-order valence-electron chi connectivity index (χ1n) is 12.9. The number of aliphatic hydroxyl groups excluding tert-OH is 2. The Morgan fingerprint density at radius 3 is 2.37 bits per heavy atom. The molecule has 0 aromatic heterocycles. The third kappa shape index (κ3) is 5.19. The summed E-state index contributed by atoms with van der Waals surface area (Å²) < 4.78 is 0. The van der Waals surface area contributed by atoms with Crippen LogP contribution in [-0.2, 0) is 25.6 Å². The lowest BCUT2D eigenvalue weighted by atomic mass is 9.57. The first-order chi connectivity index (χ1) is 18.4. The molecule has 8 N–H and O–H groups in total. The Balaban J connectivity index is 0.00000231. The molecule has 4 aliphatic carbocycles. The Kier molecular flexibility index (Phi) is 9.16. The molecule has 4 aliphatic rings. The van der Waals surface area contributed by atoms with Crippen LogP contribution < -0.4 is 16.4 Å². The Morgan fingerprint density at radius 1 is 1.12 bits per heavy atom. The molecule has 0 saturated heterocycles. The number of ketones is 2. The number of carbonyl (C=O) groups excluding carboxylic acids is 4. The number of phenolic OH excluding ortho intramolecular Hbond substituents is 1. The number of nitrogens with one attached hydrogen (secondary N) is 2. The molecule has 2 fully saturated rings. The number of primary amides is 1. The first-order valence-corrected chi connectivity index (χ1v) is 12.9. The van der Waals surface area contributed by atoms with Crippen LogP contribution in [0.15, 0.2) is 29.0 Å². The number of fused-ring (bicyclic) bond motifs is 3. The molecule has 0 bridgehead atoms. The average Bonchev–Trinajstić information content (AvgIpc) is 3.67. The highest BCUT2D eigenvalue weighted by Gasteiger charge is 2.64. The Labute approximate surface area is 248 Å². The van der Waals surface area contributed by atoms with Crippen LogP contribution in [0.5, 0.6) is 5.75 Å². The molecule has 41 heavy (non-hydrogen) atoms. The minimum absolute atomic E-state index is 0. The van der Waals surface area contributed by atoms with Crippen LogP contribution in [0, 0.1) is 17.8 Å². The highest BCUT2D eigenvalue weighted by Crippen LogP contribution is 2.53. The summed E-state index contributed by atoms with van der Waals surface area (Å²) in [7, 11) is 3.09. The molecule has 1 aromatic rings. The van der Waals surface area contributed by atoms with Gasteiger partial charge in [-0.05, 0) is 69.8 Å². The highest BCUT2D eigenvalue weighted by molar-refractivity contribution is 6.24. The van der Waals surface area contributed by atoms with Gasteiger partial charge in [0, 0.05) is 11.5 Å². The molecule has 0 aliphatic heterocycles. The number of anilines is 1. The lowest BCUT2D eigenvalue weighted by molar-refractivity contribution is -0.153. The van der Waals surface area contributed by atoms with Gasteiger partial charge in [0.05, 0.1) is 23.8 Å². The van der Waals surface area contributed by atoms with Crippen molar-refractivity contribution < 1.29 is 39.6 Å². The van der Waals surface area contributed by atoms with Crippen molar-refractivity contribution in [3.63, 3.8) is 0 Å². The van der Waals surface area contributed by atoms with Crippen molar-refractivity contribution in [3.8, 4) is 5.75 Å². The van der Waals surface area contributed by atoms with E-state index >= 15 is 0 Å². The van der Waals surface area contributed by atoms with Gasteiger partial charge >= 0.3 is 0 Å². The molecule has 4 atom stereocenters. The predicted molar refractivity (Wildman–Crippen MR) is 153 cm³/mol. The average molecular weight is 613 g/mol. The number of Topliss-reactive ketones (excluding diaryl/α,β-unsaturated/α-hetero) is 2. The first kappa shape index (κ1) is 32.4. The number of amides is 2. The van der Waals surface area contributed by atoms with Crippen molar-refractivity contribution in [1.82, 2.24) is 10.2 Å². The molecule has 0 spiro atoms. The van der Waals surface area contributed by atoms with E-state index in [1.165, 1.54) is 11.0 Å². The summed E-state index contributed by atoms with van der Waals surface area (Å²) in [5.74, 6) is -6.96. The topological polar surface area (TPSA) is 203 Å². The second-order valence-electron chi connectivity index (χ2n) is 11.1. The van der Waals surface area contributed by atoms with E-state index < -0.39 is 69.7 Å². The van der Waals surface area contributed by atoms with Crippen molar-refractivity contribution in [2.45, 2.75) is 37.3 Å². The van der Waals surface area contributed by atoms with Crippen molar-refractivity contribution in [2.24, 2.45) is 23.5 Å². The maximum absolute atomic E-state index is 13.8. The van der Waals surface area contributed by atoms with E-state index in [4.69, 9.17) is 5.73 Å². The number of carbonyl (C=O) groups is 4. The van der Waals surface area contributed by atoms with E-state index in [1.807, 2.05) is 0 Å². The normalized spacial score (nSPS) is 26.9. The number of hydrogen-bond donors (Lipinski definition) is 7. The number of aromatic hydroxyl groups is 1. The van der Waals surface area contributed by atoms with Crippen LogP contribution in [0.25, 0.3) is 5.76 Å². The van der Waals surface area contributed by atoms with Crippen LogP contribution in [0.3, 0.4) is 0 Å². The second-order valence-corrected chi connectivity index (χ2v) is 11.1. The number of likely N-dealkylation sites (N-methyl/N-ethyl adjacent to an activating group) is 1.